The largest absolute Gasteiger partial charge is 0.532 e. The summed E-state index contributed by atoms with van der Waals surface area (Å²) in [5.41, 5.74) is 0.486. The molecule has 0 radical (unpaired) electrons. The lowest BCUT2D eigenvalue weighted by molar-refractivity contribution is -0.00143. The Morgan fingerprint density at radius 3 is 1.31 bits per heavy atom. The lowest BCUT2D eigenvalue weighted by atomic mass is 9.68. The van der Waals surface area contributed by atoms with Gasteiger partial charge in [-0.2, -0.15) is 0 Å². The van der Waals surface area contributed by atoms with Gasteiger partial charge in [0.25, 0.3) is 0 Å². The molecule has 3 heterocycles. The van der Waals surface area contributed by atoms with Gasteiger partial charge >= 0.3 is 6.75 Å². The highest BCUT2D eigenvalue weighted by Gasteiger charge is 2.66. The zero-order valence-corrected chi connectivity index (χ0v) is 20.0. The molecule has 14 heteroatoms. The van der Waals surface area contributed by atoms with Gasteiger partial charge in [0.15, 0.2) is 0 Å². The third-order valence-corrected chi connectivity index (χ3v) is 10.1. The van der Waals surface area contributed by atoms with Crippen LogP contribution >= 0.6 is 112 Å². The lowest BCUT2D eigenvalue weighted by Gasteiger charge is -2.66. The molecule has 3 fully saturated rings. The molecule has 4 rings (SSSR count). The number of hydrogen-bond donors (Lipinski definition) is 0. The van der Waals surface area contributed by atoms with Crippen molar-refractivity contribution in [1.29, 1.82) is 0 Å². The van der Waals surface area contributed by atoms with E-state index in [2.05, 4.69) is 0 Å². The van der Waals surface area contributed by atoms with Crippen molar-refractivity contribution in [1.82, 2.24) is 0 Å². The molecule has 146 valence electrons. The number of rotatable bonds is 1. The molecule has 3 aliphatic heterocycles. The molecule has 0 aliphatic carbocycles. The van der Waals surface area contributed by atoms with Crippen molar-refractivity contribution < 1.29 is 14.0 Å². The first-order chi connectivity index (χ1) is 11.8. The average molecular weight is 561 g/mol. The molecule has 0 N–H and O–H groups in total. The summed E-state index contributed by atoms with van der Waals surface area (Å²) in [6.07, 6.45) is 0. The maximum Gasteiger partial charge on any atom is 0.411 e. The van der Waals surface area contributed by atoms with Crippen LogP contribution in [-0.2, 0) is 14.0 Å². The van der Waals surface area contributed by atoms with E-state index in [4.69, 9.17) is 118 Å². The minimum Gasteiger partial charge on any atom is -0.532 e. The second-order valence-corrected chi connectivity index (χ2v) is 15.0. The molecule has 3 saturated heterocycles. The Balaban J connectivity index is 2.19. The molecule has 0 aromatic heterocycles. The predicted molar refractivity (Wildman–Crippen MR) is 114 cm³/mol. The summed E-state index contributed by atoms with van der Waals surface area (Å²) >= 11 is 55.3. The van der Waals surface area contributed by atoms with Gasteiger partial charge in [-0.3, -0.25) is 0 Å². The normalized spacial score (nSPS) is 35.6. The fourth-order valence-corrected chi connectivity index (χ4v) is 9.01. The van der Waals surface area contributed by atoms with Gasteiger partial charge < -0.3 is 14.0 Å². The van der Waals surface area contributed by atoms with Crippen molar-refractivity contribution in [2.24, 2.45) is 0 Å². The molecule has 3 nitrogen and oxygen atoms in total. The number of alkyl halides is 9. The Bertz CT molecular complexity index is 603. The minimum atomic E-state index is -2.71. The molecule has 0 amide bonds. The van der Waals surface area contributed by atoms with Crippen LogP contribution < -0.4 is 5.46 Å². The monoisotopic (exact) mass is 557 g/mol. The van der Waals surface area contributed by atoms with Gasteiger partial charge in [0.2, 0.25) is 11.4 Å². The Morgan fingerprint density at radius 1 is 0.654 bits per heavy atom. The molecular weight excluding hydrogens is 553 g/mol. The van der Waals surface area contributed by atoms with Crippen molar-refractivity contribution in [3.63, 3.8) is 0 Å². The van der Waals surface area contributed by atoms with Crippen LogP contribution in [0.1, 0.15) is 0 Å². The second-order valence-electron chi connectivity index (χ2n) is 5.59. The highest BCUT2D eigenvalue weighted by atomic mass is 35.6. The molecule has 1 aromatic rings. The summed E-state index contributed by atoms with van der Waals surface area (Å²) in [6, 6.07) is 8.67. The highest BCUT2D eigenvalue weighted by Crippen LogP contribution is 2.72. The Hall–Kier alpha value is 2.20. The van der Waals surface area contributed by atoms with E-state index >= 15 is 0 Å². The van der Waals surface area contributed by atoms with Crippen molar-refractivity contribution in [2.75, 3.05) is 0 Å². The predicted octanol–water partition coefficient (Wildman–Crippen LogP) is 6.48. The smallest absolute Gasteiger partial charge is 0.411 e. The van der Waals surface area contributed by atoms with Gasteiger partial charge in [-0.05, 0) is 7.92 Å². The van der Waals surface area contributed by atoms with Crippen molar-refractivity contribution >= 4 is 125 Å². The quantitative estimate of drug-likeness (QED) is 0.223. The lowest BCUT2D eigenvalue weighted by Crippen LogP contribution is -2.72. The SMILES string of the molecule is ClC(Cl)(Cl)C1O[B-]2(c3ccccc3)OC(C(Cl)(Cl)Cl)P1C(C(Cl)(Cl)Cl)O2. The first-order valence-corrected chi connectivity index (χ1v) is 11.9. The molecule has 0 saturated carbocycles. The third kappa shape index (κ3) is 4.44. The number of fused-ring (bicyclic) bond motifs is 3. The summed E-state index contributed by atoms with van der Waals surface area (Å²) in [5, 5.41) is 0. The fraction of sp³-hybridized carbons (Fsp3) is 0.500. The molecule has 1 aromatic carbocycles. The van der Waals surface area contributed by atoms with Gasteiger partial charge in [-0.1, -0.05) is 135 Å². The Kier molecular flexibility index (Phi) is 6.79. The molecule has 26 heavy (non-hydrogen) atoms. The zero-order valence-electron chi connectivity index (χ0n) is 12.3. The van der Waals surface area contributed by atoms with Gasteiger partial charge in [-0.15, -0.1) is 5.46 Å². The zero-order chi connectivity index (χ0) is 19.5. The van der Waals surface area contributed by atoms with Crippen LogP contribution in [0.3, 0.4) is 0 Å². The van der Waals surface area contributed by atoms with Crippen LogP contribution in [0.4, 0.5) is 0 Å². The maximum absolute atomic E-state index is 6.15. The average Bonchev–Trinajstić information content (AvgIpc) is 2.53. The van der Waals surface area contributed by atoms with Crippen molar-refractivity contribution in [3.8, 4) is 0 Å². The van der Waals surface area contributed by atoms with Crippen LogP contribution in [0.5, 0.6) is 0 Å². The Labute approximate surface area is 196 Å². The minimum absolute atomic E-state index is 0.486. The van der Waals surface area contributed by atoms with E-state index in [1.165, 1.54) is 0 Å². The van der Waals surface area contributed by atoms with Crippen LogP contribution in [-0.4, -0.2) is 35.7 Å². The standard InChI is InChI=1S/C12H8BCl9O3P/c14-10(15,16)7-23-13(6-4-2-1-3-5-6)24-8(11(17,18)19)26(7)9(25-13)12(20,21)22/h1-5,7-9H/q-1. The maximum atomic E-state index is 6.15. The second kappa shape index (κ2) is 7.72. The van der Waals surface area contributed by atoms with E-state index in [1.807, 2.05) is 0 Å². The topological polar surface area (TPSA) is 27.7 Å². The molecule has 3 atom stereocenters. The van der Waals surface area contributed by atoms with Gasteiger partial charge in [0.05, 0.1) is 17.5 Å². The number of benzene rings is 1. The van der Waals surface area contributed by atoms with Crippen molar-refractivity contribution in [3.05, 3.63) is 30.3 Å². The Morgan fingerprint density at radius 2 is 1.00 bits per heavy atom. The first-order valence-electron chi connectivity index (χ1n) is 6.96. The van der Waals surface area contributed by atoms with Crippen LogP contribution in [0.15, 0.2) is 30.3 Å². The molecular formula is C12H8BCl9O3P-. The van der Waals surface area contributed by atoms with E-state index in [9.17, 15) is 0 Å². The van der Waals surface area contributed by atoms with Gasteiger partial charge in [0.1, 0.15) is 0 Å². The van der Waals surface area contributed by atoms with Crippen LogP contribution in [0.25, 0.3) is 0 Å². The summed E-state index contributed by atoms with van der Waals surface area (Å²) < 4.78 is 12.2. The molecule has 0 spiro atoms. The summed E-state index contributed by atoms with van der Waals surface area (Å²) in [4.78, 5) is 0. The molecule has 3 aliphatic rings. The molecule has 3 unspecified atom stereocenters. The van der Waals surface area contributed by atoms with E-state index in [1.54, 1.807) is 30.3 Å². The summed E-state index contributed by atoms with van der Waals surface area (Å²) in [7, 11) is -1.82. The van der Waals surface area contributed by atoms with E-state index in [0.717, 1.165) is 0 Å². The van der Waals surface area contributed by atoms with E-state index < -0.39 is 43.6 Å². The van der Waals surface area contributed by atoms with Gasteiger partial charge in [-0.25, -0.2) is 0 Å². The first kappa shape index (κ1) is 22.9. The van der Waals surface area contributed by atoms with Crippen LogP contribution in [0, 0.1) is 0 Å². The summed E-state index contributed by atoms with van der Waals surface area (Å²) in [6.45, 7) is -2.71. The highest BCUT2D eigenvalue weighted by molar-refractivity contribution is 7.61. The fourth-order valence-electron chi connectivity index (χ4n) is 2.85. The van der Waals surface area contributed by atoms with Gasteiger partial charge in [0, 0.05) is 0 Å². The van der Waals surface area contributed by atoms with Crippen molar-refractivity contribution in [2.45, 2.75) is 28.9 Å². The third-order valence-electron chi connectivity index (χ3n) is 3.78. The molecule has 2 bridgehead atoms. The van der Waals surface area contributed by atoms with E-state index in [0.29, 0.717) is 5.46 Å². The van der Waals surface area contributed by atoms with E-state index in [-0.39, 0.29) is 0 Å². The van der Waals surface area contributed by atoms with Crippen LogP contribution in [0.2, 0.25) is 0 Å². The summed E-state index contributed by atoms with van der Waals surface area (Å²) in [5.74, 6) is -3.19. The number of halogens is 9. The number of hydrogen-bond acceptors (Lipinski definition) is 3.